The van der Waals surface area contributed by atoms with Crippen molar-refractivity contribution < 1.29 is 0 Å². The molecule has 0 amide bonds. The van der Waals surface area contributed by atoms with Gasteiger partial charge in [-0.1, -0.05) is 38.5 Å². The molecule has 0 radical (unpaired) electrons. The summed E-state index contributed by atoms with van der Waals surface area (Å²) in [4.78, 5) is 4.82. The van der Waals surface area contributed by atoms with Gasteiger partial charge in [-0.3, -0.25) is 0 Å². The molecule has 1 saturated carbocycles. The molecule has 112 valence electrons. The van der Waals surface area contributed by atoms with Crippen molar-refractivity contribution in [3.63, 3.8) is 0 Å². The van der Waals surface area contributed by atoms with Gasteiger partial charge in [-0.05, 0) is 58.7 Å². The number of halogens is 1. The van der Waals surface area contributed by atoms with E-state index in [4.69, 9.17) is 10.7 Å². The molecule has 3 rings (SSSR count). The second-order valence-corrected chi connectivity index (χ2v) is 7.46. The number of nitrogens with zero attached hydrogens (tertiary/aromatic N) is 1. The monoisotopic (exact) mass is 346 g/mol. The fourth-order valence-electron chi connectivity index (χ4n) is 3.48. The SMILES string of the molecule is CC1CCC(C(N)c2nc3ccccc3cc2Br)CC1C. The van der Waals surface area contributed by atoms with Crippen LogP contribution in [0, 0.1) is 17.8 Å². The molecule has 1 aliphatic rings. The molecule has 1 aliphatic carbocycles. The van der Waals surface area contributed by atoms with Gasteiger partial charge < -0.3 is 5.73 Å². The van der Waals surface area contributed by atoms with Crippen molar-refractivity contribution in [2.24, 2.45) is 23.5 Å². The molecule has 1 aromatic heterocycles. The first-order valence-electron chi connectivity index (χ1n) is 7.87. The van der Waals surface area contributed by atoms with E-state index in [-0.39, 0.29) is 6.04 Å². The number of rotatable bonds is 2. The van der Waals surface area contributed by atoms with Crippen LogP contribution >= 0.6 is 15.9 Å². The molecule has 1 fully saturated rings. The van der Waals surface area contributed by atoms with Gasteiger partial charge in [0.1, 0.15) is 0 Å². The number of pyridine rings is 1. The van der Waals surface area contributed by atoms with Crippen molar-refractivity contribution in [2.45, 2.75) is 39.2 Å². The van der Waals surface area contributed by atoms with E-state index >= 15 is 0 Å². The molecule has 4 unspecified atom stereocenters. The highest BCUT2D eigenvalue weighted by Crippen LogP contribution is 2.40. The van der Waals surface area contributed by atoms with Crippen LogP contribution in [0.3, 0.4) is 0 Å². The Morgan fingerprint density at radius 1 is 1.19 bits per heavy atom. The van der Waals surface area contributed by atoms with Crippen molar-refractivity contribution in [1.29, 1.82) is 0 Å². The normalized spacial score (nSPS) is 27.7. The van der Waals surface area contributed by atoms with Crippen LogP contribution in [-0.4, -0.2) is 4.98 Å². The quantitative estimate of drug-likeness (QED) is 0.824. The predicted octanol–water partition coefficient (Wildman–Crippen LogP) is 5.07. The average Bonchev–Trinajstić information content (AvgIpc) is 2.48. The standard InChI is InChI=1S/C18H23BrN2/c1-11-7-8-14(9-12(11)2)17(20)18-15(19)10-13-5-3-4-6-16(13)21-18/h3-6,10-12,14,17H,7-9,20H2,1-2H3. The second kappa shape index (κ2) is 6.05. The van der Waals surface area contributed by atoms with Crippen molar-refractivity contribution >= 4 is 26.8 Å². The minimum absolute atomic E-state index is 0.0268. The molecule has 2 N–H and O–H groups in total. The molecule has 0 spiro atoms. The predicted molar refractivity (Wildman–Crippen MR) is 92.0 cm³/mol. The van der Waals surface area contributed by atoms with Gasteiger partial charge in [0.05, 0.1) is 17.3 Å². The summed E-state index contributed by atoms with van der Waals surface area (Å²) in [6.07, 6.45) is 3.71. The van der Waals surface area contributed by atoms with Crippen LogP contribution < -0.4 is 5.73 Å². The van der Waals surface area contributed by atoms with E-state index in [1.165, 1.54) is 19.3 Å². The lowest BCUT2D eigenvalue weighted by atomic mass is 9.73. The number of para-hydroxylation sites is 1. The Bertz CT molecular complexity index is 640. The zero-order valence-electron chi connectivity index (χ0n) is 12.7. The number of nitrogens with two attached hydrogens (primary N) is 1. The molecule has 2 nitrogen and oxygen atoms in total. The number of benzene rings is 1. The van der Waals surface area contributed by atoms with Gasteiger partial charge in [0.15, 0.2) is 0 Å². The summed E-state index contributed by atoms with van der Waals surface area (Å²) in [5, 5.41) is 1.16. The minimum Gasteiger partial charge on any atom is -0.322 e. The van der Waals surface area contributed by atoms with Crippen LogP contribution in [0.2, 0.25) is 0 Å². The van der Waals surface area contributed by atoms with Gasteiger partial charge in [-0.25, -0.2) is 4.98 Å². The Balaban J connectivity index is 1.90. The average molecular weight is 347 g/mol. The zero-order valence-corrected chi connectivity index (χ0v) is 14.3. The maximum absolute atomic E-state index is 6.58. The Morgan fingerprint density at radius 2 is 1.95 bits per heavy atom. The van der Waals surface area contributed by atoms with Crippen LogP contribution in [0.4, 0.5) is 0 Å². The minimum atomic E-state index is 0.0268. The van der Waals surface area contributed by atoms with Crippen LogP contribution in [0.15, 0.2) is 34.8 Å². The van der Waals surface area contributed by atoms with Crippen LogP contribution in [0.1, 0.15) is 44.8 Å². The van der Waals surface area contributed by atoms with Gasteiger partial charge >= 0.3 is 0 Å². The lowest BCUT2D eigenvalue weighted by Gasteiger charge is -2.35. The lowest BCUT2D eigenvalue weighted by molar-refractivity contribution is 0.184. The Labute approximate surface area is 135 Å². The summed E-state index contributed by atoms with van der Waals surface area (Å²) < 4.78 is 1.04. The summed E-state index contributed by atoms with van der Waals surface area (Å²) >= 11 is 3.67. The summed E-state index contributed by atoms with van der Waals surface area (Å²) in [7, 11) is 0. The van der Waals surface area contributed by atoms with E-state index in [0.717, 1.165) is 32.9 Å². The van der Waals surface area contributed by atoms with E-state index in [9.17, 15) is 0 Å². The highest BCUT2D eigenvalue weighted by atomic mass is 79.9. The van der Waals surface area contributed by atoms with E-state index in [1.54, 1.807) is 0 Å². The number of hydrogen-bond donors (Lipinski definition) is 1. The molecule has 1 aromatic carbocycles. The third-order valence-corrected chi connectivity index (χ3v) is 5.80. The molecule has 3 heteroatoms. The van der Waals surface area contributed by atoms with Gasteiger partial charge in [0, 0.05) is 9.86 Å². The molecule has 0 saturated heterocycles. The molecule has 2 aromatic rings. The van der Waals surface area contributed by atoms with Crippen LogP contribution in [0.5, 0.6) is 0 Å². The first-order valence-corrected chi connectivity index (χ1v) is 8.66. The molecule has 4 atom stereocenters. The van der Waals surface area contributed by atoms with E-state index in [1.807, 2.05) is 12.1 Å². The lowest BCUT2D eigenvalue weighted by Crippen LogP contribution is -2.30. The molecule has 21 heavy (non-hydrogen) atoms. The van der Waals surface area contributed by atoms with Gasteiger partial charge in [0.2, 0.25) is 0 Å². The molecule has 0 aliphatic heterocycles. The van der Waals surface area contributed by atoms with Gasteiger partial charge in [0.25, 0.3) is 0 Å². The van der Waals surface area contributed by atoms with Crippen LogP contribution in [0.25, 0.3) is 10.9 Å². The van der Waals surface area contributed by atoms with Crippen LogP contribution in [-0.2, 0) is 0 Å². The van der Waals surface area contributed by atoms with Crippen molar-refractivity contribution in [1.82, 2.24) is 4.98 Å². The van der Waals surface area contributed by atoms with E-state index < -0.39 is 0 Å². The van der Waals surface area contributed by atoms with Crippen molar-refractivity contribution in [3.8, 4) is 0 Å². The topological polar surface area (TPSA) is 38.9 Å². The Morgan fingerprint density at radius 3 is 2.71 bits per heavy atom. The zero-order chi connectivity index (χ0) is 15.0. The second-order valence-electron chi connectivity index (χ2n) is 6.60. The summed E-state index contributed by atoms with van der Waals surface area (Å²) in [5.41, 5.74) is 8.62. The maximum Gasteiger partial charge on any atom is 0.0723 e. The molecule has 1 heterocycles. The first kappa shape index (κ1) is 15.0. The third kappa shape index (κ3) is 3.00. The molecular formula is C18H23BrN2. The Hall–Kier alpha value is -0.930. The highest BCUT2D eigenvalue weighted by molar-refractivity contribution is 9.10. The van der Waals surface area contributed by atoms with Crippen molar-refractivity contribution in [2.75, 3.05) is 0 Å². The smallest absolute Gasteiger partial charge is 0.0723 e. The summed E-state index contributed by atoms with van der Waals surface area (Å²) in [6, 6.07) is 10.4. The fraction of sp³-hybridized carbons (Fsp3) is 0.500. The fourth-order valence-corrected chi connectivity index (χ4v) is 4.08. The molecular weight excluding hydrogens is 324 g/mol. The van der Waals surface area contributed by atoms with Gasteiger partial charge in [-0.15, -0.1) is 0 Å². The molecule has 0 bridgehead atoms. The maximum atomic E-state index is 6.58. The summed E-state index contributed by atoms with van der Waals surface area (Å²) in [6.45, 7) is 4.71. The third-order valence-electron chi connectivity index (χ3n) is 5.17. The van der Waals surface area contributed by atoms with Gasteiger partial charge in [-0.2, -0.15) is 0 Å². The summed E-state index contributed by atoms with van der Waals surface area (Å²) in [5.74, 6) is 2.12. The number of aromatic nitrogens is 1. The Kier molecular flexibility index (Phi) is 4.32. The van der Waals surface area contributed by atoms with E-state index in [0.29, 0.717) is 5.92 Å². The highest BCUT2D eigenvalue weighted by Gasteiger charge is 2.30. The number of hydrogen-bond acceptors (Lipinski definition) is 2. The first-order chi connectivity index (χ1) is 10.1. The number of fused-ring (bicyclic) bond motifs is 1. The largest absolute Gasteiger partial charge is 0.322 e. The van der Waals surface area contributed by atoms with E-state index in [2.05, 4.69) is 48.0 Å². The van der Waals surface area contributed by atoms with Crippen molar-refractivity contribution in [3.05, 3.63) is 40.5 Å².